The van der Waals surface area contributed by atoms with Crippen molar-refractivity contribution in [1.29, 1.82) is 0 Å². The highest BCUT2D eigenvalue weighted by atomic mass is 127. The first-order valence-electron chi connectivity index (χ1n) is 6.68. The highest BCUT2D eigenvalue weighted by Gasteiger charge is 2.67. The van der Waals surface area contributed by atoms with E-state index in [0.717, 1.165) is 5.56 Å². The number of halogens is 1. The van der Waals surface area contributed by atoms with Crippen LogP contribution in [-0.4, -0.2) is 9.53 Å². The quantitative estimate of drug-likeness (QED) is 0.523. The molecule has 1 N–H and O–H groups in total. The van der Waals surface area contributed by atoms with Crippen LogP contribution in [0.2, 0.25) is 0 Å². The Balaban J connectivity index is 2.01. The van der Waals surface area contributed by atoms with Gasteiger partial charge in [0, 0.05) is 5.56 Å². The second kappa shape index (κ2) is 4.48. The molecular formula is C18H14IO+. The number of aromatic hydroxyl groups is 1. The average molecular weight is 373 g/mol. The summed E-state index contributed by atoms with van der Waals surface area (Å²) in [5, 5.41) is 12.9. The second-order valence-electron chi connectivity index (χ2n) is 5.12. The minimum absolute atomic E-state index is 0.0785. The highest BCUT2D eigenvalue weighted by Crippen LogP contribution is 2.38. The van der Waals surface area contributed by atoms with Crippen LogP contribution >= 0.6 is 0 Å². The Kier molecular flexibility index (Phi) is 2.74. The molecule has 0 aromatic heterocycles. The topological polar surface area (TPSA) is 20.2 Å². The van der Waals surface area contributed by atoms with Crippen molar-refractivity contribution in [2.75, 3.05) is 4.43 Å². The lowest BCUT2D eigenvalue weighted by molar-refractivity contribution is -0.520. The van der Waals surface area contributed by atoms with Crippen LogP contribution in [0.3, 0.4) is 0 Å². The van der Waals surface area contributed by atoms with Gasteiger partial charge in [-0.05, 0) is 16.8 Å². The number of benzene rings is 3. The van der Waals surface area contributed by atoms with Crippen molar-refractivity contribution in [2.45, 2.75) is 3.42 Å². The van der Waals surface area contributed by atoms with Gasteiger partial charge in [-0.25, -0.2) is 0 Å². The monoisotopic (exact) mass is 373 g/mol. The molecular weight excluding hydrogens is 359 g/mol. The van der Waals surface area contributed by atoms with Crippen LogP contribution < -0.4 is 21.2 Å². The fourth-order valence-corrected chi connectivity index (χ4v) is 5.83. The Morgan fingerprint density at radius 1 is 0.850 bits per heavy atom. The van der Waals surface area contributed by atoms with Gasteiger partial charge in [-0.15, -0.1) is 0 Å². The van der Waals surface area contributed by atoms with Crippen molar-refractivity contribution in [2.24, 2.45) is 0 Å². The lowest BCUT2D eigenvalue weighted by Gasteiger charge is -2.12. The lowest BCUT2D eigenvalue weighted by atomic mass is 9.88. The Bertz CT molecular complexity index is 776. The maximum atomic E-state index is 10.5. The van der Waals surface area contributed by atoms with E-state index in [1.54, 1.807) is 0 Å². The van der Waals surface area contributed by atoms with Crippen molar-refractivity contribution in [3.63, 3.8) is 0 Å². The molecule has 1 saturated heterocycles. The van der Waals surface area contributed by atoms with E-state index >= 15 is 0 Å². The summed E-state index contributed by atoms with van der Waals surface area (Å²) in [6.45, 7) is 0. The summed E-state index contributed by atoms with van der Waals surface area (Å²) in [4.78, 5) is 0. The Morgan fingerprint density at radius 2 is 1.55 bits per heavy atom. The molecule has 1 fully saturated rings. The molecule has 98 valence electrons. The number of phenols is 1. The minimum atomic E-state index is 0.0785. The first-order valence-corrected chi connectivity index (χ1v) is 9.29. The van der Waals surface area contributed by atoms with Crippen molar-refractivity contribution in [1.82, 2.24) is 0 Å². The molecule has 2 heteroatoms. The first kappa shape index (κ1) is 12.2. The molecule has 0 radical (unpaired) electrons. The third-order valence-electron chi connectivity index (χ3n) is 3.94. The Morgan fingerprint density at radius 3 is 2.30 bits per heavy atom. The molecule has 0 aliphatic carbocycles. The second-order valence-corrected chi connectivity index (χ2v) is 8.48. The normalized spacial score (nSPS) is 21.0. The van der Waals surface area contributed by atoms with Gasteiger partial charge >= 0.3 is 0 Å². The summed E-state index contributed by atoms with van der Waals surface area (Å²) in [5.41, 5.74) is 2.51. The molecule has 1 heterocycles. The van der Waals surface area contributed by atoms with E-state index in [-0.39, 0.29) is 24.6 Å². The number of fused-ring (bicyclic) bond motifs is 1. The van der Waals surface area contributed by atoms with Gasteiger partial charge in [0.1, 0.15) is 5.75 Å². The number of hydrogen-bond acceptors (Lipinski definition) is 1. The Labute approximate surface area is 128 Å². The van der Waals surface area contributed by atoms with Gasteiger partial charge < -0.3 is 5.11 Å². The van der Waals surface area contributed by atoms with Gasteiger partial charge in [0.25, 0.3) is 24.6 Å². The zero-order chi connectivity index (χ0) is 13.6. The van der Waals surface area contributed by atoms with Crippen molar-refractivity contribution < 1.29 is 26.3 Å². The van der Waals surface area contributed by atoms with Crippen LogP contribution in [0, 0.1) is 0 Å². The van der Waals surface area contributed by atoms with Gasteiger partial charge in [-0.3, -0.25) is 0 Å². The molecule has 0 bridgehead atoms. The predicted octanol–water partition coefficient (Wildman–Crippen LogP) is 0.892. The Hall–Kier alpha value is -1.55. The van der Waals surface area contributed by atoms with Crippen molar-refractivity contribution in [3.8, 4) is 5.75 Å². The predicted molar refractivity (Wildman–Crippen MR) is 77.7 cm³/mol. The molecule has 1 atom stereocenters. The highest BCUT2D eigenvalue weighted by molar-refractivity contribution is 5.89. The molecule has 0 amide bonds. The third kappa shape index (κ3) is 1.74. The fraction of sp³-hybridized carbons (Fsp3) is 0.111. The SMILES string of the molecule is Oc1ccc2ccccc2c1C1(c2ccccc2)C[I+]1. The van der Waals surface area contributed by atoms with E-state index < -0.39 is 0 Å². The number of alkyl halides is 2. The summed E-state index contributed by atoms with van der Waals surface area (Å²) in [6, 6.07) is 22.9. The molecule has 4 rings (SSSR count). The maximum absolute atomic E-state index is 10.5. The number of rotatable bonds is 2. The van der Waals surface area contributed by atoms with E-state index in [0.29, 0.717) is 5.75 Å². The fourth-order valence-electron chi connectivity index (χ4n) is 2.88. The zero-order valence-corrected chi connectivity index (χ0v) is 13.0. The van der Waals surface area contributed by atoms with Crippen LogP contribution in [0.5, 0.6) is 5.75 Å². The first-order chi connectivity index (χ1) is 9.81. The van der Waals surface area contributed by atoms with E-state index in [2.05, 4.69) is 54.6 Å². The van der Waals surface area contributed by atoms with E-state index in [1.165, 1.54) is 20.8 Å². The van der Waals surface area contributed by atoms with Crippen LogP contribution in [0.4, 0.5) is 0 Å². The van der Waals surface area contributed by atoms with Gasteiger partial charge in [0.05, 0.1) is 5.56 Å². The zero-order valence-electron chi connectivity index (χ0n) is 10.9. The molecule has 1 aliphatic rings. The average Bonchev–Trinajstić information content (AvgIpc) is 3.29. The van der Waals surface area contributed by atoms with Crippen LogP contribution in [0.25, 0.3) is 10.8 Å². The summed E-state index contributed by atoms with van der Waals surface area (Å²) >= 11 is 0.0785. The van der Waals surface area contributed by atoms with Gasteiger partial charge in [-0.2, -0.15) is 0 Å². The minimum Gasteiger partial charge on any atom is -0.507 e. The molecule has 1 aliphatic heterocycles. The lowest BCUT2D eigenvalue weighted by Crippen LogP contribution is -3.50. The standard InChI is InChI=1S/C18H13IO/c20-16-11-10-13-6-4-5-9-15(13)17(16)18(12-19-18)14-7-2-1-3-8-14/h1-11H,12H2/p+1. The van der Waals surface area contributed by atoms with Crippen LogP contribution in [0.15, 0.2) is 66.7 Å². The maximum Gasteiger partial charge on any atom is 0.297 e. The largest absolute Gasteiger partial charge is 0.507 e. The van der Waals surface area contributed by atoms with E-state index in [1.807, 2.05) is 12.1 Å². The summed E-state index contributed by atoms with van der Waals surface area (Å²) in [5.74, 6) is 0.449. The van der Waals surface area contributed by atoms with Crippen LogP contribution in [-0.2, 0) is 3.42 Å². The molecule has 1 unspecified atom stereocenters. The smallest absolute Gasteiger partial charge is 0.297 e. The third-order valence-corrected chi connectivity index (χ3v) is 7.39. The van der Waals surface area contributed by atoms with Crippen LogP contribution in [0.1, 0.15) is 11.1 Å². The molecule has 20 heavy (non-hydrogen) atoms. The van der Waals surface area contributed by atoms with Gasteiger partial charge in [-0.1, -0.05) is 60.7 Å². The van der Waals surface area contributed by atoms with Gasteiger partial charge in [0.15, 0.2) is 0 Å². The van der Waals surface area contributed by atoms with Crippen molar-refractivity contribution >= 4 is 10.8 Å². The molecule has 3 aromatic rings. The van der Waals surface area contributed by atoms with E-state index in [9.17, 15) is 5.11 Å². The van der Waals surface area contributed by atoms with Gasteiger partial charge in [0.2, 0.25) is 4.43 Å². The summed E-state index contributed by atoms with van der Waals surface area (Å²) in [7, 11) is 0. The number of phenolic OH excluding ortho intramolecular Hbond substituents is 1. The molecule has 0 saturated carbocycles. The summed E-state index contributed by atoms with van der Waals surface area (Å²) in [6.07, 6.45) is 0. The number of hydrogen-bond donors (Lipinski definition) is 1. The molecule has 3 aromatic carbocycles. The van der Waals surface area contributed by atoms with E-state index in [4.69, 9.17) is 0 Å². The van der Waals surface area contributed by atoms with Crippen molar-refractivity contribution in [3.05, 3.63) is 77.9 Å². The summed E-state index contributed by atoms with van der Waals surface area (Å²) < 4.78 is 1.34. The molecule has 0 spiro atoms. The molecule has 1 nitrogen and oxygen atoms in total.